The molecule has 0 spiro atoms. The highest BCUT2D eigenvalue weighted by Gasteiger charge is 2.38. The summed E-state index contributed by atoms with van der Waals surface area (Å²) in [4.78, 5) is 6.96. The fraction of sp³-hybridized carbons (Fsp3) is 0.632. The Balaban J connectivity index is 1.52. The summed E-state index contributed by atoms with van der Waals surface area (Å²) < 4.78 is 11.9. The average Bonchev–Trinajstić information content (AvgIpc) is 3.12. The summed E-state index contributed by atoms with van der Waals surface area (Å²) >= 11 is 0. The molecule has 3 rings (SSSR count). The minimum absolute atomic E-state index is 0.287. The Hall–Kier alpha value is -1.17. The second-order valence-corrected chi connectivity index (χ2v) is 13.4. The third-order valence-corrected chi connectivity index (χ3v) is 10.1. The SMILES string of the molecule is CC(C)(C)[Si](C)(C)OC[C@H]1CCN(Cc2cnc3ccoc3c2)C1. The van der Waals surface area contributed by atoms with E-state index in [1.54, 1.807) is 6.26 Å². The third kappa shape index (κ3) is 3.90. The van der Waals surface area contributed by atoms with Gasteiger partial charge in [-0.15, -0.1) is 0 Å². The van der Waals surface area contributed by atoms with Gasteiger partial charge in [0.2, 0.25) is 0 Å². The minimum Gasteiger partial charge on any atom is -0.463 e. The molecule has 0 bridgehead atoms. The lowest BCUT2D eigenvalue weighted by Crippen LogP contribution is -2.42. The van der Waals surface area contributed by atoms with Crippen LogP contribution < -0.4 is 0 Å². The van der Waals surface area contributed by atoms with Crippen LogP contribution in [-0.2, 0) is 11.0 Å². The van der Waals surface area contributed by atoms with E-state index in [0.29, 0.717) is 5.92 Å². The standard InChI is InChI=1S/C19H30N2O2Si/c1-19(2,3)24(4,5)23-14-15-6-8-21(12-15)13-16-10-18-17(20-11-16)7-9-22-18/h7,9-11,15H,6,8,12-14H2,1-5H3/t15-/m0/s1. The Morgan fingerprint density at radius 2 is 2.17 bits per heavy atom. The second kappa shape index (κ2) is 6.62. The van der Waals surface area contributed by atoms with Crippen molar-refractivity contribution in [3.63, 3.8) is 0 Å². The maximum absolute atomic E-state index is 6.41. The average molecular weight is 347 g/mol. The predicted molar refractivity (Wildman–Crippen MR) is 101 cm³/mol. The molecule has 0 amide bonds. The molecule has 1 aliphatic heterocycles. The van der Waals surface area contributed by atoms with Gasteiger partial charge in [-0.25, -0.2) is 0 Å². The number of nitrogens with zero attached hydrogens (tertiary/aromatic N) is 2. The molecule has 0 radical (unpaired) electrons. The van der Waals surface area contributed by atoms with E-state index in [1.165, 1.54) is 12.0 Å². The summed E-state index contributed by atoms with van der Waals surface area (Å²) in [6.45, 7) is 15.7. The largest absolute Gasteiger partial charge is 0.463 e. The number of furan rings is 1. The Bertz CT molecular complexity index is 690. The fourth-order valence-electron chi connectivity index (χ4n) is 2.97. The Morgan fingerprint density at radius 1 is 1.38 bits per heavy atom. The Kier molecular flexibility index (Phi) is 4.86. The molecule has 1 saturated heterocycles. The van der Waals surface area contributed by atoms with Gasteiger partial charge in [0.25, 0.3) is 0 Å². The van der Waals surface area contributed by atoms with Crippen molar-refractivity contribution in [2.24, 2.45) is 5.92 Å². The van der Waals surface area contributed by atoms with Crippen molar-refractivity contribution in [1.29, 1.82) is 0 Å². The van der Waals surface area contributed by atoms with Crippen molar-refractivity contribution in [3.05, 3.63) is 30.2 Å². The van der Waals surface area contributed by atoms with Crippen molar-refractivity contribution in [2.75, 3.05) is 19.7 Å². The van der Waals surface area contributed by atoms with Gasteiger partial charge >= 0.3 is 0 Å². The van der Waals surface area contributed by atoms with E-state index in [4.69, 9.17) is 8.84 Å². The zero-order chi connectivity index (χ0) is 17.4. The topological polar surface area (TPSA) is 38.5 Å². The van der Waals surface area contributed by atoms with Crippen LogP contribution in [0.2, 0.25) is 18.1 Å². The molecule has 3 heterocycles. The highest BCUT2D eigenvalue weighted by molar-refractivity contribution is 6.74. The van der Waals surface area contributed by atoms with Crippen LogP contribution in [0.4, 0.5) is 0 Å². The van der Waals surface area contributed by atoms with Crippen LogP contribution in [-0.4, -0.2) is 37.9 Å². The maximum Gasteiger partial charge on any atom is 0.191 e. The molecule has 0 N–H and O–H groups in total. The molecule has 1 fully saturated rings. The molecule has 0 aliphatic carbocycles. The van der Waals surface area contributed by atoms with E-state index in [-0.39, 0.29) is 5.04 Å². The first-order chi connectivity index (χ1) is 11.2. The van der Waals surface area contributed by atoms with Gasteiger partial charge in [-0.2, -0.15) is 0 Å². The lowest BCUT2D eigenvalue weighted by Gasteiger charge is -2.37. The zero-order valence-electron chi connectivity index (χ0n) is 15.6. The van der Waals surface area contributed by atoms with Crippen LogP contribution in [0.1, 0.15) is 32.8 Å². The van der Waals surface area contributed by atoms with Gasteiger partial charge in [-0.1, -0.05) is 20.8 Å². The van der Waals surface area contributed by atoms with E-state index in [1.807, 2.05) is 12.3 Å². The number of likely N-dealkylation sites (tertiary alicyclic amines) is 1. The van der Waals surface area contributed by atoms with Gasteiger partial charge < -0.3 is 8.84 Å². The minimum atomic E-state index is -1.63. The molecule has 0 aromatic carbocycles. The van der Waals surface area contributed by atoms with Crippen molar-refractivity contribution in [3.8, 4) is 0 Å². The molecule has 132 valence electrons. The molecule has 2 aromatic rings. The lowest BCUT2D eigenvalue weighted by atomic mass is 10.1. The molecule has 0 unspecified atom stereocenters. The highest BCUT2D eigenvalue weighted by Crippen LogP contribution is 2.37. The van der Waals surface area contributed by atoms with Gasteiger partial charge in [0.15, 0.2) is 13.9 Å². The lowest BCUT2D eigenvalue weighted by molar-refractivity contribution is 0.221. The van der Waals surface area contributed by atoms with Gasteiger partial charge in [0.05, 0.1) is 6.26 Å². The normalized spacial score (nSPS) is 20.1. The number of aromatic nitrogens is 1. The Morgan fingerprint density at radius 3 is 2.92 bits per heavy atom. The van der Waals surface area contributed by atoms with Gasteiger partial charge in [-0.3, -0.25) is 9.88 Å². The van der Waals surface area contributed by atoms with Gasteiger partial charge in [0, 0.05) is 32.0 Å². The van der Waals surface area contributed by atoms with E-state index >= 15 is 0 Å². The maximum atomic E-state index is 6.41. The monoisotopic (exact) mass is 346 g/mol. The quantitative estimate of drug-likeness (QED) is 0.737. The summed E-state index contributed by atoms with van der Waals surface area (Å²) in [6, 6.07) is 4.02. The van der Waals surface area contributed by atoms with Crippen LogP contribution in [0, 0.1) is 5.92 Å². The number of pyridine rings is 1. The molecule has 24 heavy (non-hydrogen) atoms. The molecular weight excluding hydrogens is 316 g/mol. The molecule has 0 saturated carbocycles. The number of hydrogen-bond donors (Lipinski definition) is 0. The summed E-state index contributed by atoms with van der Waals surface area (Å²) in [5.74, 6) is 0.652. The molecule has 4 nitrogen and oxygen atoms in total. The van der Waals surface area contributed by atoms with E-state index in [2.05, 4.69) is 49.8 Å². The molecule has 1 aliphatic rings. The number of fused-ring (bicyclic) bond motifs is 1. The first-order valence-electron chi connectivity index (χ1n) is 8.93. The molecule has 5 heteroatoms. The highest BCUT2D eigenvalue weighted by atomic mass is 28.4. The van der Waals surface area contributed by atoms with Crippen LogP contribution >= 0.6 is 0 Å². The van der Waals surface area contributed by atoms with Crippen molar-refractivity contribution in [1.82, 2.24) is 9.88 Å². The Labute approximate surface area is 146 Å². The van der Waals surface area contributed by atoms with Gasteiger partial charge in [0.1, 0.15) is 5.52 Å². The van der Waals surface area contributed by atoms with E-state index in [9.17, 15) is 0 Å². The van der Waals surface area contributed by atoms with Crippen molar-refractivity contribution < 1.29 is 8.84 Å². The fourth-order valence-corrected chi connectivity index (χ4v) is 4.05. The number of hydrogen-bond acceptors (Lipinski definition) is 4. The summed E-state index contributed by atoms with van der Waals surface area (Å²) in [5.41, 5.74) is 3.04. The number of rotatable bonds is 5. The third-order valence-electron chi connectivity index (χ3n) is 5.62. The molecule has 2 aromatic heterocycles. The van der Waals surface area contributed by atoms with E-state index in [0.717, 1.165) is 37.3 Å². The first kappa shape index (κ1) is 17.6. The summed E-state index contributed by atoms with van der Waals surface area (Å²) in [6.07, 6.45) is 4.90. The van der Waals surface area contributed by atoms with Crippen molar-refractivity contribution >= 4 is 19.4 Å². The molecular formula is C19H30N2O2Si. The predicted octanol–water partition coefficient (Wildman–Crippen LogP) is 4.67. The van der Waals surface area contributed by atoms with Crippen LogP contribution in [0.5, 0.6) is 0 Å². The smallest absolute Gasteiger partial charge is 0.191 e. The summed E-state index contributed by atoms with van der Waals surface area (Å²) in [5, 5.41) is 0.287. The van der Waals surface area contributed by atoms with Crippen LogP contribution in [0.3, 0.4) is 0 Å². The first-order valence-corrected chi connectivity index (χ1v) is 11.8. The molecule has 1 atom stereocenters. The van der Waals surface area contributed by atoms with Crippen LogP contribution in [0.25, 0.3) is 11.1 Å². The zero-order valence-corrected chi connectivity index (χ0v) is 16.6. The summed E-state index contributed by atoms with van der Waals surface area (Å²) in [7, 11) is -1.63. The van der Waals surface area contributed by atoms with E-state index < -0.39 is 8.32 Å². The van der Waals surface area contributed by atoms with Gasteiger partial charge in [-0.05, 0) is 48.6 Å². The second-order valence-electron chi connectivity index (χ2n) is 8.61. The van der Waals surface area contributed by atoms with Crippen LogP contribution in [0.15, 0.2) is 29.0 Å². The van der Waals surface area contributed by atoms with Crippen molar-refractivity contribution in [2.45, 2.75) is 51.9 Å².